The highest BCUT2D eigenvalue weighted by Crippen LogP contribution is 2.32. The van der Waals surface area contributed by atoms with Crippen molar-refractivity contribution in [1.29, 1.82) is 0 Å². The van der Waals surface area contributed by atoms with E-state index in [1.807, 2.05) is 0 Å². The van der Waals surface area contributed by atoms with Crippen LogP contribution >= 0.6 is 7.92 Å². The predicted octanol–water partition coefficient (Wildman–Crippen LogP) is 2.73. The van der Waals surface area contributed by atoms with E-state index in [1.54, 1.807) is 0 Å². The van der Waals surface area contributed by atoms with E-state index in [9.17, 15) is 5.11 Å². The van der Waals surface area contributed by atoms with Gasteiger partial charge < -0.3 is 5.11 Å². The molecule has 2 rings (SSSR count). The van der Waals surface area contributed by atoms with Crippen LogP contribution in [-0.4, -0.2) is 17.9 Å². The lowest BCUT2D eigenvalue weighted by Gasteiger charge is -2.18. The topological polar surface area (TPSA) is 20.2 Å². The minimum Gasteiger partial charge on any atom is -0.396 e. The van der Waals surface area contributed by atoms with Gasteiger partial charge in [0.25, 0.3) is 0 Å². The summed E-state index contributed by atoms with van der Waals surface area (Å²) in [6.07, 6.45) is 0.835. The van der Waals surface area contributed by atoms with Crippen molar-refractivity contribution >= 4 is 18.5 Å². The van der Waals surface area contributed by atoms with Crippen LogP contribution in [0.4, 0.5) is 0 Å². The molecule has 0 spiro atoms. The van der Waals surface area contributed by atoms with Crippen molar-refractivity contribution in [2.24, 2.45) is 0 Å². The third-order valence-corrected chi connectivity index (χ3v) is 5.51. The van der Waals surface area contributed by atoms with Gasteiger partial charge in [-0.2, -0.15) is 0 Å². The largest absolute Gasteiger partial charge is 0.396 e. The molecular weight excluding hydrogens is 239 g/mol. The highest BCUT2D eigenvalue weighted by molar-refractivity contribution is 7.73. The van der Waals surface area contributed by atoms with E-state index in [0.29, 0.717) is 0 Å². The summed E-state index contributed by atoms with van der Waals surface area (Å²) in [6.45, 7) is 4.45. The molecule has 0 aromatic heterocycles. The molecule has 1 nitrogen and oxygen atoms in total. The van der Waals surface area contributed by atoms with Crippen LogP contribution in [0.15, 0.2) is 48.5 Å². The Labute approximate surface area is 110 Å². The first-order chi connectivity index (χ1) is 8.70. The predicted molar refractivity (Wildman–Crippen MR) is 80.5 cm³/mol. The molecule has 0 bridgehead atoms. The molecule has 0 atom stereocenters. The van der Waals surface area contributed by atoms with Crippen LogP contribution in [0.1, 0.15) is 11.1 Å². The van der Waals surface area contributed by atoms with Gasteiger partial charge in [-0.25, -0.2) is 0 Å². The second-order valence-electron chi connectivity index (χ2n) is 4.55. The van der Waals surface area contributed by atoms with E-state index in [-0.39, 0.29) is 6.61 Å². The SMILES string of the molecule is Cc1ccc(P(CCO)c2ccc(C)cc2)cc1. The molecule has 0 amide bonds. The van der Waals surface area contributed by atoms with Crippen molar-refractivity contribution in [1.82, 2.24) is 0 Å². The Balaban J connectivity index is 2.33. The van der Waals surface area contributed by atoms with Crippen molar-refractivity contribution in [2.75, 3.05) is 12.8 Å². The molecular formula is C16H19OP. The highest BCUT2D eigenvalue weighted by atomic mass is 31.1. The van der Waals surface area contributed by atoms with Crippen molar-refractivity contribution < 1.29 is 5.11 Å². The Morgan fingerprint density at radius 3 is 1.50 bits per heavy atom. The van der Waals surface area contributed by atoms with Crippen molar-refractivity contribution in [2.45, 2.75) is 13.8 Å². The molecule has 0 heterocycles. The summed E-state index contributed by atoms with van der Waals surface area (Å²) in [5, 5.41) is 12.0. The zero-order chi connectivity index (χ0) is 13.0. The van der Waals surface area contributed by atoms with E-state index >= 15 is 0 Å². The average molecular weight is 258 g/mol. The standard InChI is InChI=1S/C16H19OP/c1-13-3-7-15(8-4-13)18(12-11-17)16-9-5-14(2)6-10-16/h3-10,17H,11-12H2,1-2H3. The number of aliphatic hydroxyl groups excluding tert-OH is 1. The first-order valence-corrected chi connectivity index (χ1v) is 7.75. The molecule has 1 N–H and O–H groups in total. The molecule has 0 fully saturated rings. The van der Waals surface area contributed by atoms with Crippen molar-refractivity contribution in [3.8, 4) is 0 Å². The van der Waals surface area contributed by atoms with Crippen LogP contribution < -0.4 is 10.6 Å². The smallest absolute Gasteiger partial charge is 0.0476 e. The lowest BCUT2D eigenvalue weighted by atomic mass is 10.2. The number of hydrogen-bond acceptors (Lipinski definition) is 1. The van der Waals surface area contributed by atoms with E-state index in [4.69, 9.17) is 0 Å². The molecule has 0 aliphatic heterocycles. The molecule has 94 valence electrons. The second kappa shape index (κ2) is 6.13. The van der Waals surface area contributed by atoms with Crippen LogP contribution in [-0.2, 0) is 0 Å². The zero-order valence-corrected chi connectivity index (χ0v) is 11.8. The van der Waals surface area contributed by atoms with E-state index in [2.05, 4.69) is 62.4 Å². The number of hydrogen-bond donors (Lipinski definition) is 1. The van der Waals surface area contributed by atoms with Crippen LogP contribution in [0.5, 0.6) is 0 Å². The van der Waals surface area contributed by atoms with Gasteiger partial charge in [0.05, 0.1) is 0 Å². The van der Waals surface area contributed by atoms with Gasteiger partial charge in [-0.3, -0.25) is 0 Å². The lowest BCUT2D eigenvalue weighted by Crippen LogP contribution is -2.15. The number of rotatable bonds is 4. The molecule has 0 aliphatic rings. The van der Waals surface area contributed by atoms with E-state index in [0.717, 1.165) is 6.16 Å². The summed E-state index contributed by atoms with van der Waals surface area (Å²) in [4.78, 5) is 0. The van der Waals surface area contributed by atoms with Gasteiger partial charge >= 0.3 is 0 Å². The normalized spacial score (nSPS) is 10.9. The monoisotopic (exact) mass is 258 g/mol. The highest BCUT2D eigenvalue weighted by Gasteiger charge is 2.12. The lowest BCUT2D eigenvalue weighted by molar-refractivity contribution is 0.322. The maximum Gasteiger partial charge on any atom is 0.0476 e. The second-order valence-corrected chi connectivity index (χ2v) is 6.88. The Morgan fingerprint density at radius 2 is 1.17 bits per heavy atom. The quantitative estimate of drug-likeness (QED) is 0.836. The van der Waals surface area contributed by atoms with Gasteiger partial charge in [-0.05, 0) is 38.5 Å². The molecule has 2 aromatic rings. The fraction of sp³-hybridized carbons (Fsp3) is 0.250. The van der Waals surface area contributed by atoms with E-state index in [1.165, 1.54) is 21.7 Å². The van der Waals surface area contributed by atoms with Gasteiger partial charge in [0, 0.05) is 6.61 Å². The summed E-state index contributed by atoms with van der Waals surface area (Å²) in [7, 11) is -0.426. The van der Waals surface area contributed by atoms with Crippen LogP contribution in [0, 0.1) is 13.8 Å². The number of aliphatic hydroxyl groups is 1. The summed E-state index contributed by atoms with van der Waals surface area (Å²) in [6, 6.07) is 17.4. The molecule has 18 heavy (non-hydrogen) atoms. The third-order valence-electron chi connectivity index (χ3n) is 3.01. The van der Waals surface area contributed by atoms with E-state index < -0.39 is 7.92 Å². The minimum atomic E-state index is -0.426. The minimum absolute atomic E-state index is 0.244. The van der Waals surface area contributed by atoms with Crippen LogP contribution in [0.3, 0.4) is 0 Å². The van der Waals surface area contributed by atoms with Gasteiger partial charge in [0.1, 0.15) is 0 Å². The van der Waals surface area contributed by atoms with Crippen LogP contribution in [0.25, 0.3) is 0 Å². The van der Waals surface area contributed by atoms with Gasteiger partial charge in [0.15, 0.2) is 0 Å². The Morgan fingerprint density at radius 1 is 0.778 bits per heavy atom. The average Bonchev–Trinajstić information content (AvgIpc) is 2.39. The Hall–Kier alpha value is -1.17. The molecule has 0 aliphatic carbocycles. The summed E-state index contributed by atoms with van der Waals surface area (Å²) in [5.74, 6) is 0. The third kappa shape index (κ3) is 3.19. The fourth-order valence-corrected chi connectivity index (χ4v) is 3.99. The molecule has 0 saturated heterocycles. The fourth-order valence-electron chi connectivity index (χ4n) is 1.96. The molecule has 0 radical (unpaired) electrons. The summed E-state index contributed by atoms with van der Waals surface area (Å²) < 4.78 is 0. The molecule has 2 aromatic carbocycles. The van der Waals surface area contributed by atoms with Gasteiger partial charge in [-0.15, -0.1) is 0 Å². The van der Waals surface area contributed by atoms with Gasteiger partial charge in [0.2, 0.25) is 0 Å². The first kappa shape index (κ1) is 13.3. The Bertz CT molecular complexity index is 442. The zero-order valence-electron chi connectivity index (χ0n) is 10.9. The van der Waals surface area contributed by atoms with Crippen molar-refractivity contribution in [3.05, 3.63) is 59.7 Å². The maximum absolute atomic E-state index is 9.28. The molecule has 0 saturated carbocycles. The first-order valence-electron chi connectivity index (χ1n) is 6.22. The summed E-state index contributed by atoms with van der Waals surface area (Å²) >= 11 is 0. The number of benzene rings is 2. The summed E-state index contributed by atoms with van der Waals surface area (Å²) in [5.41, 5.74) is 2.56. The molecule has 2 heteroatoms. The molecule has 0 unspecified atom stereocenters. The van der Waals surface area contributed by atoms with Crippen LogP contribution in [0.2, 0.25) is 0 Å². The van der Waals surface area contributed by atoms with Gasteiger partial charge in [-0.1, -0.05) is 59.7 Å². The number of aryl methyl sites for hydroxylation is 2. The van der Waals surface area contributed by atoms with Crippen molar-refractivity contribution in [3.63, 3.8) is 0 Å². The maximum atomic E-state index is 9.28. The Kier molecular flexibility index (Phi) is 4.52.